The molecular formula is C16H18ClN3. The molecule has 0 aliphatic carbocycles. The molecule has 104 valence electrons. The highest BCUT2D eigenvalue weighted by Crippen LogP contribution is 2.23. The van der Waals surface area contributed by atoms with Gasteiger partial charge in [0.2, 0.25) is 0 Å². The maximum atomic E-state index is 7.68. The van der Waals surface area contributed by atoms with Gasteiger partial charge in [0.1, 0.15) is 5.84 Å². The molecule has 0 aliphatic heterocycles. The number of nitrogens with one attached hydrogen (secondary N) is 1. The predicted octanol–water partition coefficient (Wildman–Crippen LogP) is 3.57. The van der Waals surface area contributed by atoms with E-state index in [4.69, 9.17) is 22.7 Å². The van der Waals surface area contributed by atoms with E-state index in [-0.39, 0.29) is 5.84 Å². The monoisotopic (exact) mass is 287 g/mol. The molecule has 2 aromatic carbocycles. The molecule has 3 N–H and O–H groups in total. The molecule has 0 saturated heterocycles. The predicted molar refractivity (Wildman–Crippen MR) is 85.8 cm³/mol. The smallest absolute Gasteiger partial charge is 0.124 e. The zero-order valence-electron chi connectivity index (χ0n) is 11.7. The first-order valence-corrected chi connectivity index (χ1v) is 6.76. The highest BCUT2D eigenvalue weighted by Gasteiger charge is 2.10. The summed E-state index contributed by atoms with van der Waals surface area (Å²) in [6, 6.07) is 13.7. The normalized spacial score (nSPS) is 10.3. The summed E-state index contributed by atoms with van der Waals surface area (Å²) in [5, 5.41) is 8.41. The number of nitrogens with zero attached hydrogens (tertiary/aromatic N) is 1. The van der Waals surface area contributed by atoms with Gasteiger partial charge in [-0.3, -0.25) is 5.41 Å². The highest BCUT2D eigenvalue weighted by molar-refractivity contribution is 6.30. The fourth-order valence-corrected chi connectivity index (χ4v) is 2.26. The van der Waals surface area contributed by atoms with Crippen LogP contribution in [0.4, 0.5) is 5.69 Å². The van der Waals surface area contributed by atoms with Crippen molar-refractivity contribution in [2.75, 3.05) is 11.9 Å². The van der Waals surface area contributed by atoms with Crippen molar-refractivity contribution in [2.24, 2.45) is 5.73 Å². The van der Waals surface area contributed by atoms with E-state index in [0.717, 1.165) is 33.9 Å². The minimum Gasteiger partial charge on any atom is -0.384 e. The van der Waals surface area contributed by atoms with Crippen LogP contribution in [0.1, 0.15) is 16.7 Å². The van der Waals surface area contributed by atoms with Gasteiger partial charge in [0.25, 0.3) is 0 Å². The average molecular weight is 288 g/mol. The van der Waals surface area contributed by atoms with Crippen LogP contribution in [-0.2, 0) is 6.54 Å². The van der Waals surface area contributed by atoms with E-state index in [1.165, 1.54) is 0 Å². The molecule has 0 bridgehead atoms. The van der Waals surface area contributed by atoms with Crippen LogP contribution in [-0.4, -0.2) is 12.9 Å². The third kappa shape index (κ3) is 3.31. The average Bonchev–Trinajstić information content (AvgIpc) is 2.41. The van der Waals surface area contributed by atoms with Gasteiger partial charge in [0.05, 0.1) is 0 Å². The molecule has 2 aromatic rings. The first kappa shape index (κ1) is 14.4. The van der Waals surface area contributed by atoms with E-state index in [2.05, 4.69) is 4.90 Å². The first-order valence-electron chi connectivity index (χ1n) is 6.38. The van der Waals surface area contributed by atoms with E-state index in [1.54, 1.807) is 0 Å². The Labute approximate surface area is 124 Å². The molecule has 2 rings (SSSR count). The Balaban J connectivity index is 2.28. The molecule has 0 radical (unpaired) electrons. The largest absolute Gasteiger partial charge is 0.384 e. The highest BCUT2D eigenvalue weighted by atomic mass is 35.5. The van der Waals surface area contributed by atoms with E-state index in [9.17, 15) is 0 Å². The van der Waals surface area contributed by atoms with Crippen LogP contribution in [0.15, 0.2) is 42.5 Å². The molecule has 4 heteroatoms. The van der Waals surface area contributed by atoms with Crippen molar-refractivity contribution < 1.29 is 0 Å². The molecule has 0 atom stereocenters. The summed E-state index contributed by atoms with van der Waals surface area (Å²) < 4.78 is 0. The Hall–Kier alpha value is -2.00. The van der Waals surface area contributed by atoms with Crippen LogP contribution in [0.3, 0.4) is 0 Å². The molecule has 0 heterocycles. The van der Waals surface area contributed by atoms with Crippen molar-refractivity contribution in [3.8, 4) is 0 Å². The Morgan fingerprint density at radius 1 is 1.20 bits per heavy atom. The van der Waals surface area contributed by atoms with E-state index >= 15 is 0 Å². The quantitative estimate of drug-likeness (QED) is 0.667. The second-order valence-corrected chi connectivity index (χ2v) is 5.35. The summed E-state index contributed by atoms with van der Waals surface area (Å²) in [5.41, 5.74) is 9.68. The van der Waals surface area contributed by atoms with Gasteiger partial charge in [-0.15, -0.1) is 0 Å². The molecular weight excluding hydrogens is 270 g/mol. The van der Waals surface area contributed by atoms with E-state index < -0.39 is 0 Å². The zero-order chi connectivity index (χ0) is 14.7. The number of anilines is 1. The maximum Gasteiger partial charge on any atom is 0.124 e. The lowest BCUT2D eigenvalue weighted by molar-refractivity contribution is 0.920. The van der Waals surface area contributed by atoms with Gasteiger partial charge in [-0.1, -0.05) is 29.8 Å². The second-order valence-electron chi connectivity index (χ2n) is 4.92. The first-order chi connectivity index (χ1) is 9.47. The number of nitrogen functional groups attached to an aromatic ring is 1. The third-order valence-electron chi connectivity index (χ3n) is 3.19. The molecule has 0 unspecified atom stereocenters. The van der Waals surface area contributed by atoms with Gasteiger partial charge in [0, 0.05) is 29.9 Å². The maximum absolute atomic E-state index is 7.68. The fourth-order valence-electron chi connectivity index (χ4n) is 2.13. The molecule has 0 aliphatic rings. The van der Waals surface area contributed by atoms with Gasteiger partial charge in [-0.2, -0.15) is 0 Å². The van der Waals surface area contributed by atoms with Crippen LogP contribution in [0.2, 0.25) is 5.02 Å². The van der Waals surface area contributed by atoms with Crippen LogP contribution in [0.5, 0.6) is 0 Å². The summed E-state index contributed by atoms with van der Waals surface area (Å²) in [4.78, 5) is 2.09. The Bertz CT molecular complexity index is 620. The minimum atomic E-state index is 0.0861. The number of aryl methyl sites for hydroxylation is 1. The molecule has 20 heavy (non-hydrogen) atoms. The Morgan fingerprint density at radius 3 is 2.45 bits per heavy atom. The number of benzene rings is 2. The Morgan fingerprint density at radius 2 is 1.85 bits per heavy atom. The SMILES string of the molecule is Cc1ccc(C(=N)N)c(N(C)Cc2ccc(Cl)cc2)c1. The topological polar surface area (TPSA) is 53.1 Å². The van der Waals surface area contributed by atoms with Crippen molar-refractivity contribution in [1.82, 2.24) is 0 Å². The number of hydrogen-bond acceptors (Lipinski definition) is 2. The summed E-state index contributed by atoms with van der Waals surface area (Å²) >= 11 is 5.89. The van der Waals surface area contributed by atoms with Gasteiger partial charge in [0.15, 0.2) is 0 Å². The number of halogens is 1. The van der Waals surface area contributed by atoms with Crippen molar-refractivity contribution in [3.63, 3.8) is 0 Å². The Kier molecular flexibility index (Phi) is 4.30. The number of rotatable bonds is 4. The lowest BCUT2D eigenvalue weighted by Crippen LogP contribution is -2.22. The molecule has 0 spiro atoms. The summed E-state index contributed by atoms with van der Waals surface area (Å²) in [5.74, 6) is 0.0861. The van der Waals surface area contributed by atoms with Crippen molar-refractivity contribution in [3.05, 3.63) is 64.2 Å². The van der Waals surface area contributed by atoms with Gasteiger partial charge in [-0.25, -0.2) is 0 Å². The van der Waals surface area contributed by atoms with Crippen molar-refractivity contribution in [2.45, 2.75) is 13.5 Å². The fraction of sp³-hybridized carbons (Fsp3) is 0.188. The van der Waals surface area contributed by atoms with Gasteiger partial charge in [-0.05, 0) is 42.3 Å². The minimum absolute atomic E-state index is 0.0861. The third-order valence-corrected chi connectivity index (χ3v) is 3.44. The lowest BCUT2D eigenvalue weighted by atomic mass is 10.1. The van der Waals surface area contributed by atoms with Crippen LogP contribution < -0.4 is 10.6 Å². The van der Waals surface area contributed by atoms with E-state index in [1.807, 2.05) is 56.4 Å². The van der Waals surface area contributed by atoms with Gasteiger partial charge < -0.3 is 10.6 Å². The van der Waals surface area contributed by atoms with Crippen LogP contribution in [0, 0.1) is 12.3 Å². The van der Waals surface area contributed by atoms with E-state index in [0.29, 0.717) is 0 Å². The summed E-state index contributed by atoms with van der Waals surface area (Å²) in [6.07, 6.45) is 0. The zero-order valence-corrected chi connectivity index (χ0v) is 12.4. The molecule has 3 nitrogen and oxygen atoms in total. The molecule has 0 aromatic heterocycles. The van der Waals surface area contributed by atoms with Gasteiger partial charge >= 0.3 is 0 Å². The second kappa shape index (κ2) is 5.97. The molecule has 0 saturated carbocycles. The number of nitrogens with two attached hydrogens (primary N) is 1. The number of hydrogen-bond donors (Lipinski definition) is 2. The summed E-state index contributed by atoms with van der Waals surface area (Å²) in [6.45, 7) is 2.77. The lowest BCUT2D eigenvalue weighted by Gasteiger charge is -2.23. The van der Waals surface area contributed by atoms with Crippen molar-refractivity contribution in [1.29, 1.82) is 5.41 Å². The molecule has 0 fully saturated rings. The number of amidine groups is 1. The molecule has 0 amide bonds. The van der Waals surface area contributed by atoms with Crippen molar-refractivity contribution >= 4 is 23.1 Å². The van der Waals surface area contributed by atoms with Crippen LogP contribution >= 0.6 is 11.6 Å². The van der Waals surface area contributed by atoms with Crippen LogP contribution in [0.25, 0.3) is 0 Å². The summed E-state index contributed by atoms with van der Waals surface area (Å²) in [7, 11) is 2.00. The standard InChI is InChI=1S/C16H18ClN3/c1-11-3-8-14(16(18)19)15(9-11)20(2)10-12-4-6-13(17)7-5-12/h3-9H,10H2,1-2H3,(H3,18,19).